The molecule has 0 N–H and O–H groups in total. The highest BCUT2D eigenvalue weighted by Gasteiger charge is 2.36. The van der Waals surface area contributed by atoms with Crippen LogP contribution in [0.5, 0.6) is 0 Å². The number of benzene rings is 1. The summed E-state index contributed by atoms with van der Waals surface area (Å²) in [6.07, 6.45) is -4.50. The first-order chi connectivity index (χ1) is 9.85. The second kappa shape index (κ2) is 4.82. The lowest BCUT2D eigenvalue weighted by Crippen LogP contribution is -2.32. The summed E-state index contributed by atoms with van der Waals surface area (Å²) in [6.45, 7) is 0.350. The van der Waals surface area contributed by atoms with Crippen molar-refractivity contribution in [1.82, 2.24) is 9.55 Å². The molecule has 3 nitrogen and oxygen atoms in total. The first kappa shape index (κ1) is 14.0. The summed E-state index contributed by atoms with van der Waals surface area (Å²) in [6, 6.07) is 3.55. The highest BCUT2D eigenvalue weighted by Crippen LogP contribution is 2.35. The third-order valence-corrected chi connectivity index (χ3v) is 3.72. The Bertz CT molecular complexity index is 751. The molecule has 1 aromatic heterocycles. The Balaban J connectivity index is 2.18. The molecular weight excluding hydrogens is 288 g/mol. The minimum atomic E-state index is -4.32. The van der Waals surface area contributed by atoms with E-state index in [0.717, 1.165) is 12.1 Å². The molecule has 1 aliphatic heterocycles. The summed E-state index contributed by atoms with van der Waals surface area (Å²) >= 11 is 0. The molecule has 0 fully saturated rings. The Labute approximate surface area is 117 Å². The minimum Gasteiger partial charge on any atom is -0.296 e. The summed E-state index contributed by atoms with van der Waals surface area (Å²) in [5, 5.41) is 0.229. The quantitative estimate of drug-likeness (QED) is 0.757. The van der Waals surface area contributed by atoms with E-state index < -0.39 is 29.9 Å². The van der Waals surface area contributed by atoms with Crippen LogP contribution in [0.4, 0.5) is 17.6 Å². The summed E-state index contributed by atoms with van der Waals surface area (Å²) in [5.41, 5.74) is -0.290. The lowest BCUT2D eigenvalue weighted by atomic mass is 9.94. The average Bonchev–Trinajstić information content (AvgIpc) is 2.38. The van der Waals surface area contributed by atoms with E-state index in [9.17, 15) is 22.4 Å². The van der Waals surface area contributed by atoms with Gasteiger partial charge >= 0.3 is 6.18 Å². The smallest absolute Gasteiger partial charge is 0.296 e. The predicted molar refractivity (Wildman–Crippen MR) is 68.6 cm³/mol. The Hall–Kier alpha value is -1.92. The second-order valence-electron chi connectivity index (χ2n) is 5.25. The van der Waals surface area contributed by atoms with Gasteiger partial charge in [0.15, 0.2) is 0 Å². The molecule has 1 atom stereocenters. The van der Waals surface area contributed by atoms with Gasteiger partial charge in [0.25, 0.3) is 5.56 Å². The van der Waals surface area contributed by atoms with Gasteiger partial charge < -0.3 is 0 Å². The van der Waals surface area contributed by atoms with Crippen molar-refractivity contribution in [1.29, 1.82) is 0 Å². The third-order valence-electron chi connectivity index (χ3n) is 3.72. The molecule has 2 aromatic rings. The Morgan fingerprint density at radius 3 is 2.81 bits per heavy atom. The van der Waals surface area contributed by atoms with Crippen LogP contribution in [-0.4, -0.2) is 15.7 Å². The first-order valence-corrected chi connectivity index (χ1v) is 6.62. The molecule has 112 valence electrons. The number of halogens is 4. The maximum absolute atomic E-state index is 13.2. The number of alkyl halides is 3. The Morgan fingerprint density at radius 2 is 2.10 bits per heavy atom. The van der Waals surface area contributed by atoms with Crippen molar-refractivity contribution < 1.29 is 17.6 Å². The zero-order valence-electron chi connectivity index (χ0n) is 11.0. The SMILES string of the molecule is O=c1c2ccc(F)cc2nc2n1CCCC2CC(F)(F)F. The van der Waals surface area contributed by atoms with Gasteiger partial charge in [0.2, 0.25) is 0 Å². The van der Waals surface area contributed by atoms with Crippen molar-refractivity contribution in [2.45, 2.75) is 37.9 Å². The van der Waals surface area contributed by atoms with Gasteiger partial charge in [0.1, 0.15) is 11.6 Å². The van der Waals surface area contributed by atoms with E-state index in [0.29, 0.717) is 19.4 Å². The lowest BCUT2D eigenvalue weighted by molar-refractivity contribution is -0.140. The molecule has 3 rings (SSSR count). The molecule has 0 spiro atoms. The second-order valence-corrected chi connectivity index (χ2v) is 5.25. The molecule has 0 saturated heterocycles. The van der Waals surface area contributed by atoms with Crippen molar-refractivity contribution in [3.8, 4) is 0 Å². The van der Waals surface area contributed by atoms with Gasteiger partial charge in [-0.25, -0.2) is 9.37 Å². The van der Waals surface area contributed by atoms with Crippen LogP contribution in [0.2, 0.25) is 0 Å². The maximum Gasteiger partial charge on any atom is 0.389 e. The number of fused-ring (bicyclic) bond motifs is 2. The number of nitrogens with zero attached hydrogens (tertiary/aromatic N) is 2. The van der Waals surface area contributed by atoms with Gasteiger partial charge in [-0.15, -0.1) is 0 Å². The van der Waals surface area contributed by atoms with E-state index in [-0.39, 0.29) is 16.7 Å². The van der Waals surface area contributed by atoms with Crippen LogP contribution in [-0.2, 0) is 6.54 Å². The van der Waals surface area contributed by atoms with Gasteiger partial charge in [-0.2, -0.15) is 13.2 Å². The van der Waals surface area contributed by atoms with Crippen LogP contribution < -0.4 is 5.56 Å². The number of aromatic nitrogens is 2. The Kier molecular flexibility index (Phi) is 3.22. The fraction of sp³-hybridized carbons (Fsp3) is 0.429. The third kappa shape index (κ3) is 2.64. The van der Waals surface area contributed by atoms with Gasteiger partial charge in [-0.1, -0.05) is 0 Å². The van der Waals surface area contributed by atoms with Gasteiger partial charge in [0.05, 0.1) is 17.3 Å². The van der Waals surface area contributed by atoms with Crippen LogP contribution in [0.3, 0.4) is 0 Å². The molecule has 1 aromatic carbocycles. The highest BCUT2D eigenvalue weighted by molar-refractivity contribution is 5.77. The molecular formula is C14H12F4N2O. The van der Waals surface area contributed by atoms with E-state index in [1.54, 1.807) is 0 Å². The standard InChI is InChI=1S/C14H12F4N2O/c15-9-3-4-10-11(6-9)19-12-8(7-14(16,17)18)2-1-5-20(12)13(10)21/h3-4,6,8H,1-2,5,7H2. The van der Waals surface area contributed by atoms with Gasteiger partial charge in [-0.05, 0) is 25.0 Å². The molecule has 21 heavy (non-hydrogen) atoms. The van der Waals surface area contributed by atoms with E-state index in [2.05, 4.69) is 4.98 Å². The molecule has 0 aliphatic carbocycles. The molecule has 1 unspecified atom stereocenters. The summed E-state index contributed by atoms with van der Waals surface area (Å²) < 4.78 is 52.4. The summed E-state index contributed by atoms with van der Waals surface area (Å²) in [7, 11) is 0. The average molecular weight is 300 g/mol. The zero-order valence-corrected chi connectivity index (χ0v) is 11.0. The fourth-order valence-corrected chi connectivity index (χ4v) is 2.84. The van der Waals surface area contributed by atoms with Crippen molar-refractivity contribution in [2.24, 2.45) is 0 Å². The number of hydrogen-bond acceptors (Lipinski definition) is 2. The molecule has 0 saturated carbocycles. The van der Waals surface area contributed by atoms with E-state index >= 15 is 0 Å². The maximum atomic E-state index is 13.2. The lowest BCUT2D eigenvalue weighted by Gasteiger charge is -2.26. The van der Waals surface area contributed by atoms with Crippen LogP contribution in [0.1, 0.15) is 31.0 Å². The van der Waals surface area contributed by atoms with Gasteiger partial charge in [0, 0.05) is 18.5 Å². The fourth-order valence-electron chi connectivity index (χ4n) is 2.84. The first-order valence-electron chi connectivity index (χ1n) is 6.62. The van der Waals surface area contributed by atoms with Crippen molar-refractivity contribution in [3.05, 3.63) is 40.2 Å². The molecule has 1 aliphatic rings. The number of rotatable bonds is 1. The summed E-state index contributed by atoms with van der Waals surface area (Å²) in [5.74, 6) is -1.30. The van der Waals surface area contributed by atoms with Crippen molar-refractivity contribution in [3.63, 3.8) is 0 Å². The topological polar surface area (TPSA) is 34.9 Å². The molecule has 7 heteroatoms. The van der Waals surface area contributed by atoms with Gasteiger partial charge in [-0.3, -0.25) is 9.36 Å². The zero-order chi connectivity index (χ0) is 15.2. The van der Waals surface area contributed by atoms with Crippen LogP contribution >= 0.6 is 0 Å². The summed E-state index contributed by atoms with van der Waals surface area (Å²) in [4.78, 5) is 16.4. The van der Waals surface area contributed by atoms with Crippen molar-refractivity contribution in [2.75, 3.05) is 0 Å². The molecule has 0 amide bonds. The minimum absolute atomic E-state index is 0.111. The highest BCUT2D eigenvalue weighted by atomic mass is 19.4. The molecule has 0 radical (unpaired) electrons. The largest absolute Gasteiger partial charge is 0.389 e. The molecule has 0 bridgehead atoms. The monoisotopic (exact) mass is 300 g/mol. The predicted octanol–water partition coefficient (Wildman–Crippen LogP) is 3.37. The van der Waals surface area contributed by atoms with E-state index in [1.165, 1.54) is 10.6 Å². The van der Waals surface area contributed by atoms with Crippen LogP contribution in [0.25, 0.3) is 10.9 Å². The molecule has 2 heterocycles. The Morgan fingerprint density at radius 1 is 1.33 bits per heavy atom. The van der Waals surface area contributed by atoms with E-state index in [1.807, 2.05) is 0 Å². The normalized spacial score (nSPS) is 18.8. The van der Waals surface area contributed by atoms with E-state index in [4.69, 9.17) is 0 Å². The number of hydrogen-bond donors (Lipinski definition) is 0. The van der Waals surface area contributed by atoms with Crippen molar-refractivity contribution >= 4 is 10.9 Å². The van der Waals surface area contributed by atoms with Crippen LogP contribution in [0.15, 0.2) is 23.0 Å². The van der Waals surface area contributed by atoms with Crippen LogP contribution in [0, 0.1) is 5.82 Å².